The Morgan fingerprint density at radius 2 is 2.00 bits per heavy atom. The average Bonchev–Trinajstić information content (AvgIpc) is 2.48. The van der Waals surface area contributed by atoms with Gasteiger partial charge in [-0.2, -0.15) is 0 Å². The van der Waals surface area contributed by atoms with Crippen molar-refractivity contribution in [1.82, 2.24) is 10.2 Å². The first kappa shape index (κ1) is 15.9. The molecule has 1 aliphatic heterocycles. The molecule has 0 aromatic heterocycles. The highest BCUT2D eigenvalue weighted by molar-refractivity contribution is 6.43. The van der Waals surface area contributed by atoms with Crippen LogP contribution in [0.4, 0.5) is 0 Å². The summed E-state index contributed by atoms with van der Waals surface area (Å²) in [6.45, 7) is 4.90. The zero-order valence-electron chi connectivity index (χ0n) is 11.5. The molecule has 4 nitrogen and oxygen atoms in total. The Labute approximate surface area is 129 Å². The maximum Gasteiger partial charge on any atom is 0.139 e. The predicted molar refractivity (Wildman–Crippen MR) is 81.9 cm³/mol. The fourth-order valence-electron chi connectivity index (χ4n) is 2.36. The largest absolute Gasteiger partial charge is 0.495 e. The van der Waals surface area contributed by atoms with Crippen LogP contribution in [0, 0.1) is 0 Å². The maximum atomic E-state index is 10.3. The minimum absolute atomic E-state index is 0.355. The van der Waals surface area contributed by atoms with Gasteiger partial charge in [0, 0.05) is 38.3 Å². The second-order valence-corrected chi connectivity index (χ2v) is 5.64. The van der Waals surface area contributed by atoms with E-state index in [9.17, 15) is 5.11 Å². The number of halogens is 2. The van der Waals surface area contributed by atoms with Crippen LogP contribution in [0.15, 0.2) is 12.1 Å². The summed E-state index contributed by atoms with van der Waals surface area (Å²) in [4.78, 5) is 2.33. The molecule has 1 saturated heterocycles. The number of nitrogens with one attached hydrogen (secondary N) is 1. The fourth-order valence-corrected chi connectivity index (χ4v) is 2.89. The van der Waals surface area contributed by atoms with E-state index in [0.29, 0.717) is 27.8 Å². The number of aliphatic hydroxyl groups is 1. The van der Waals surface area contributed by atoms with E-state index in [2.05, 4.69) is 10.2 Å². The molecule has 1 heterocycles. The van der Waals surface area contributed by atoms with Crippen LogP contribution in [0.5, 0.6) is 5.75 Å². The molecule has 1 aliphatic rings. The molecule has 0 spiro atoms. The van der Waals surface area contributed by atoms with Crippen LogP contribution >= 0.6 is 23.2 Å². The minimum atomic E-state index is -0.610. The van der Waals surface area contributed by atoms with Crippen molar-refractivity contribution in [2.75, 3.05) is 39.8 Å². The zero-order valence-corrected chi connectivity index (χ0v) is 13.0. The van der Waals surface area contributed by atoms with E-state index >= 15 is 0 Å². The van der Waals surface area contributed by atoms with E-state index in [4.69, 9.17) is 27.9 Å². The maximum absolute atomic E-state index is 10.3. The van der Waals surface area contributed by atoms with Gasteiger partial charge in [-0.3, -0.25) is 0 Å². The van der Waals surface area contributed by atoms with Crippen LogP contribution in [-0.4, -0.2) is 49.8 Å². The lowest BCUT2D eigenvalue weighted by Gasteiger charge is -2.28. The quantitative estimate of drug-likeness (QED) is 0.874. The molecule has 20 heavy (non-hydrogen) atoms. The molecule has 0 aliphatic carbocycles. The first-order valence-electron chi connectivity index (χ1n) is 6.76. The molecule has 1 fully saturated rings. The average molecular weight is 319 g/mol. The second kappa shape index (κ2) is 7.48. The Hall–Kier alpha value is -0.520. The third-order valence-corrected chi connectivity index (χ3v) is 4.46. The molecule has 6 heteroatoms. The van der Waals surface area contributed by atoms with Crippen LogP contribution in [0.2, 0.25) is 10.0 Å². The standard InChI is InChI=1S/C14H20Cl2N2O2/c1-20-12-3-2-10(13(15)14(12)16)11(19)4-7-18-8-5-17-6-9-18/h2-3,11,17,19H,4-9H2,1H3. The number of aliphatic hydroxyl groups excluding tert-OH is 1. The summed E-state index contributed by atoms with van der Waals surface area (Å²) in [5, 5.41) is 14.3. The lowest BCUT2D eigenvalue weighted by Crippen LogP contribution is -2.44. The van der Waals surface area contributed by atoms with Gasteiger partial charge in [-0.1, -0.05) is 29.3 Å². The molecular formula is C14H20Cl2N2O2. The predicted octanol–water partition coefficient (Wildman–Crippen LogP) is 2.33. The van der Waals surface area contributed by atoms with Gasteiger partial charge in [-0.25, -0.2) is 0 Å². The zero-order chi connectivity index (χ0) is 14.5. The first-order valence-corrected chi connectivity index (χ1v) is 7.52. The number of benzene rings is 1. The van der Waals surface area contributed by atoms with Gasteiger partial charge < -0.3 is 20.1 Å². The molecule has 1 unspecified atom stereocenters. The Kier molecular flexibility index (Phi) is 5.93. The molecule has 112 valence electrons. The van der Waals surface area contributed by atoms with E-state index < -0.39 is 6.10 Å². The summed E-state index contributed by atoms with van der Waals surface area (Å²) < 4.78 is 5.10. The molecule has 0 bridgehead atoms. The summed E-state index contributed by atoms with van der Waals surface area (Å²) in [5.41, 5.74) is 0.660. The van der Waals surface area contributed by atoms with E-state index in [-0.39, 0.29) is 0 Å². The van der Waals surface area contributed by atoms with Gasteiger partial charge in [-0.15, -0.1) is 0 Å². The monoisotopic (exact) mass is 318 g/mol. The summed E-state index contributed by atoms with van der Waals surface area (Å²) in [6.07, 6.45) is 0.0309. The Morgan fingerprint density at radius 1 is 1.30 bits per heavy atom. The molecule has 2 rings (SSSR count). The molecule has 1 atom stereocenters. The van der Waals surface area contributed by atoms with Crippen molar-refractivity contribution in [3.63, 3.8) is 0 Å². The van der Waals surface area contributed by atoms with Crippen molar-refractivity contribution < 1.29 is 9.84 Å². The fraction of sp³-hybridized carbons (Fsp3) is 0.571. The lowest BCUT2D eigenvalue weighted by atomic mass is 10.1. The van der Waals surface area contributed by atoms with Crippen LogP contribution < -0.4 is 10.1 Å². The van der Waals surface area contributed by atoms with Crippen molar-refractivity contribution in [1.29, 1.82) is 0 Å². The van der Waals surface area contributed by atoms with Crippen molar-refractivity contribution in [2.45, 2.75) is 12.5 Å². The molecule has 0 radical (unpaired) electrons. The summed E-state index contributed by atoms with van der Waals surface area (Å²) in [5.74, 6) is 0.523. The van der Waals surface area contributed by atoms with Gasteiger partial charge >= 0.3 is 0 Å². The van der Waals surface area contributed by atoms with E-state index in [0.717, 1.165) is 32.7 Å². The number of hydrogen-bond donors (Lipinski definition) is 2. The van der Waals surface area contributed by atoms with Crippen molar-refractivity contribution in [3.8, 4) is 5.75 Å². The summed E-state index contributed by atoms with van der Waals surface area (Å²) >= 11 is 12.3. The van der Waals surface area contributed by atoms with Gasteiger partial charge in [0.25, 0.3) is 0 Å². The van der Waals surface area contributed by atoms with Gasteiger partial charge in [0.15, 0.2) is 0 Å². The van der Waals surface area contributed by atoms with E-state index in [1.807, 2.05) is 0 Å². The van der Waals surface area contributed by atoms with E-state index in [1.54, 1.807) is 12.1 Å². The van der Waals surface area contributed by atoms with Gasteiger partial charge in [0.1, 0.15) is 10.8 Å². The third-order valence-electron chi connectivity index (χ3n) is 3.58. The molecule has 0 amide bonds. The van der Waals surface area contributed by atoms with Crippen molar-refractivity contribution in [3.05, 3.63) is 27.7 Å². The smallest absolute Gasteiger partial charge is 0.139 e. The van der Waals surface area contributed by atoms with Crippen LogP contribution in [-0.2, 0) is 0 Å². The molecule has 1 aromatic carbocycles. The SMILES string of the molecule is COc1ccc(C(O)CCN2CCNCC2)c(Cl)c1Cl. The molecular weight excluding hydrogens is 299 g/mol. The molecule has 0 saturated carbocycles. The number of ether oxygens (including phenoxy) is 1. The van der Waals surface area contributed by atoms with Gasteiger partial charge in [0.05, 0.1) is 18.2 Å². The second-order valence-electron chi connectivity index (χ2n) is 4.88. The van der Waals surface area contributed by atoms with Gasteiger partial charge in [-0.05, 0) is 12.5 Å². The highest BCUT2D eigenvalue weighted by atomic mass is 35.5. The van der Waals surface area contributed by atoms with Crippen LogP contribution in [0.1, 0.15) is 18.1 Å². The Morgan fingerprint density at radius 3 is 2.65 bits per heavy atom. The lowest BCUT2D eigenvalue weighted by molar-refractivity contribution is 0.137. The van der Waals surface area contributed by atoms with Crippen LogP contribution in [0.3, 0.4) is 0 Å². The Balaban J connectivity index is 1.98. The summed E-state index contributed by atoms with van der Waals surface area (Å²) in [6, 6.07) is 3.51. The van der Waals surface area contributed by atoms with Crippen LogP contribution in [0.25, 0.3) is 0 Å². The van der Waals surface area contributed by atoms with Gasteiger partial charge in [0.2, 0.25) is 0 Å². The van der Waals surface area contributed by atoms with E-state index in [1.165, 1.54) is 7.11 Å². The topological polar surface area (TPSA) is 44.7 Å². The number of piperazine rings is 1. The highest BCUT2D eigenvalue weighted by Crippen LogP contribution is 2.37. The highest BCUT2D eigenvalue weighted by Gasteiger charge is 2.18. The number of nitrogens with zero attached hydrogens (tertiary/aromatic N) is 1. The van der Waals surface area contributed by atoms with Crippen molar-refractivity contribution in [2.24, 2.45) is 0 Å². The van der Waals surface area contributed by atoms with Crippen molar-refractivity contribution >= 4 is 23.2 Å². The number of methoxy groups -OCH3 is 1. The molecule has 2 N–H and O–H groups in total. The third kappa shape index (κ3) is 3.77. The summed E-state index contributed by atoms with van der Waals surface area (Å²) in [7, 11) is 1.54. The first-order chi connectivity index (χ1) is 9.63. The molecule has 1 aromatic rings. The normalized spacial score (nSPS) is 18.0. The Bertz CT molecular complexity index is 451. The number of hydrogen-bond acceptors (Lipinski definition) is 4. The minimum Gasteiger partial charge on any atom is -0.495 e. The number of rotatable bonds is 5.